The largest absolute Gasteiger partial charge is 0.423 e. The van der Waals surface area contributed by atoms with Crippen LogP contribution in [0.2, 0.25) is 0 Å². The Morgan fingerprint density at radius 1 is 1.12 bits per heavy atom. The molecule has 0 amide bonds. The fourth-order valence-corrected chi connectivity index (χ4v) is 2.03. The van der Waals surface area contributed by atoms with Crippen LogP contribution in [0.4, 0.5) is 0 Å². The molecule has 1 heterocycles. The van der Waals surface area contributed by atoms with Gasteiger partial charge in [0.25, 0.3) is 0 Å². The standard InChI is InChI=1S/C14H7NO2/c15-8-10-7-13(16)17-12-6-5-9-3-1-2-4-11(9)14(10)12/h1-7H. The fraction of sp³-hybridized carbons (Fsp3) is 0. The van der Waals surface area contributed by atoms with E-state index in [4.69, 9.17) is 9.68 Å². The van der Waals surface area contributed by atoms with E-state index in [0.717, 1.165) is 10.8 Å². The summed E-state index contributed by atoms with van der Waals surface area (Å²) in [7, 11) is 0. The summed E-state index contributed by atoms with van der Waals surface area (Å²) < 4.78 is 5.11. The molecule has 3 nitrogen and oxygen atoms in total. The monoisotopic (exact) mass is 221 g/mol. The Labute approximate surface area is 96.5 Å². The van der Waals surface area contributed by atoms with Crippen molar-refractivity contribution in [2.24, 2.45) is 0 Å². The molecule has 0 spiro atoms. The van der Waals surface area contributed by atoms with Crippen LogP contribution >= 0.6 is 0 Å². The molecule has 80 valence electrons. The van der Waals surface area contributed by atoms with E-state index in [0.29, 0.717) is 16.5 Å². The van der Waals surface area contributed by atoms with E-state index in [-0.39, 0.29) is 0 Å². The van der Waals surface area contributed by atoms with Crippen LogP contribution in [0.1, 0.15) is 5.56 Å². The van der Waals surface area contributed by atoms with Gasteiger partial charge in [-0.25, -0.2) is 4.79 Å². The van der Waals surface area contributed by atoms with Crippen LogP contribution in [-0.2, 0) is 0 Å². The lowest BCUT2D eigenvalue weighted by Gasteiger charge is -2.03. The molecule has 3 aromatic rings. The van der Waals surface area contributed by atoms with Gasteiger partial charge in [-0.05, 0) is 16.8 Å². The summed E-state index contributed by atoms with van der Waals surface area (Å²) in [5, 5.41) is 11.7. The Hall–Kier alpha value is -2.60. The summed E-state index contributed by atoms with van der Waals surface area (Å²) in [6, 6.07) is 14.6. The van der Waals surface area contributed by atoms with Gasteiger partial charge in [-0.2, -0.15) is 5.26 Å². The fourth-order valence-electron chi connectivity index (χ4n) is 2.03. The molecule has 3 rings (SSSR count). The van der Waals surface area contributed by atoms with E-state index in [9.17, 15) is 4.79 Å². The Morgan fingerprint density at radius 2 is 1.94 bits per heavy atom. The van der Waals surface area contributed by atoms with Gasteiger partial charge in [-0.1, -0.05) is 30.3 Å². The first kappa shape index (κ1) is 9.61. The molecule has 3 heteroatoms. The van der Waals surface area contributed by atoms with Gasteiger partial charge in [0.05, 0.1) is 5.56 Å². The minimum Gasteiger partial charge on any atom is -0.423 e. The maximum atomic E-state index is 11.3. The average molecular weight is 221 g/mol. The number of benzene rings is 2. The molecule has 0 aliphatic heterocycles. The van der Waals surface area contributed by atoms with Crippen molar-refractivity contribution in [2.75, 3.05) is 0 Å². The summed E-state index contributed by atoms with van der Waals surface area (Å²) in [6.07, 6.45) is 0. The van der Waals surface area contributed by atoms with Gasteiger partial charge in [0, 0.05) is 11.5 Å². The van der Waals surface area contributed by atoms with Gasteiger partial charge in [0.1, 0.15) is 11.7 Å². The summed E-state index contributed by atoms with van der Waals surface area (Å²) >= 11 is 0. The van der Waals surface area contributed by atoms with Crippen molar-refractivity contribution in [3.05, 3.63) is 58.4 Å². The smallest absolute Gasteiger partial charge is 0.337 e. The molecule has 0 saturated carbocycles. The minimum absolute atomic E-state index is 0.355. The van der Waals surface area contributed by atoms with Crippen molar-refractivity contribution >= 4 is 21.7 Å². The first-order chi connectivity index (χ1) is 8.29. The Kier molecular flexibility index (Phi) is 1.96. The molecule has 0 N–H and O–H groups in total. The molecule has 0 unspecified atom stereocenters. The number of nitrogens with zero attached hydrogens (tertiary/aromatic N) is 1. The Morgan fingerprint density at radius 3 is 2.76 bits per heavy atom. The van der Waals surface area contributed by atoms with Crippen LogP contribution in [0, 0.1) is 11.3 Å². The molecule has 0 radical (unpaired) electrons. The third-order valence-corrected chi connectivity index (χ3v) is 2.75. The number of rotatable bonds is 0. The first-order valence-electron chi connectivity index (χ1n) is 5.15. The van der Waals surface area contributed by atoms with E-state index in [1.54, 1.807) is 6.07 Å². The van der Waals surface area contributed by atoms with Crippen LogP contribution in [0.3, 0.4) is 0 Å². The van der Waals surface area contributed by atoms with E-state index < -0.39 is 5.63 Å². The molecule has 17 heavy (non-hydrogen) atoms. The maximum absolute atomic E-state index is 11.3. The number of nitriles is 1. The molecular formula is C14H7NO2. The van der Waals surface area contributed by atoms with Crippen molar-refractivity contribution < 1.29 is 4.42 Å². The molecule has 2 aromatic carbocycles. The normalized spacial score (nSPS) is 10.5. The van der Waals surface area contributed by atoms with Crippen LogP contribution in [0.15, 0.2) is 51.7 Å². The molecule has 0 aliphatic rings. The van der Waals surface area contributed by atoms with Gasteiger partial charge in [0.2, 0.25) is 0 Å². The quantitative estimate of drug-likeness (QED) is 0.433. The third-order valence-electron chi connectivity index (χ3n) is 2.75. The highest BCUT2D eigenvalue weighted by atomic mass is 16.4. The van der Waals surface area contributed by atoms with Gasteiger partial charge in [-0.15, -0.1) is 0 Å². The summed E-state index contributed by atoms with van der Waals surface area (Å²) in [5.41, 5.74) is 0.310. The zero-order valence-corrected chi connectivity index (χ0v) is 8.81. The van der Waals surface area contributed by atoms with Gasteiger partial charge in [0.15, 0.2) is 0 Å². The molecule has 1 aromatic heterocycles. The van der Waals surface area contributed by atoms with E-state index in [1.165, 1.54) is 6.07 Å². The zero-order chi connectivity index (χ0) is 11.8. The van der Waals surface area contributed by atoms with Gasteiger partial charge in [-0.3, -0.25) is 0 Å². The van der Waals surface area contributed by atoms with Crippen molar-refractivity contribution in [3.8, 4) is 6.07 Å². The molecule has 0 saturated heterocycles. The predicted molar refractivity (Wildman–Crippen MR) is 64.7 cm³/mol. The van der Waals surface area contributed by atoms with E-state index in [1.807, 2.05) is 36.4 Å². The molecule has 0 fully saturated rings. The predicted octanol–water partition coefficient (Wildman–Crippen LogP) is 2.82. The Bertz CT molecular complexity index is 825. The second-order valence-electron chi connectivity index (χ2n) is 3.75. The van der Waals surface area contributed by atoms with Crippen molar-refractivity contribution in [3.63, 3.8) is 0 Å². The number of hydrogen-bond acceptors (Lipinski definition) is 3. The van der Waals surface area contributed by atoms with E-state index >= 15 is 0 Å². The highest BCUT2D eigenvalue weighted by Crippen LogP contribution is 2.26. The van der Waals surface area contributed by atoms with Crippen LogP contribution in [0.5, 0.6) is 0 Å². The lowest BCUT2D eigenvalue weighted by Crippen LogP contribution is -1.98. The number of hydrogen-bond donors (Lipinski definition) is 0. The highest BCUT2D eigenvalue weighted by Gasteiger charge is 2.08. The van der Waals surface area contributed by atoms with Crippen molar-refractivity contribution in [1.82, 2.24) is 0 Å². The lowest BCUT2D eigenvalue weighted by molar-refractivity contribution is 0.561. The van der Waals surface area contributed by atoms with Crippen molar-refractivity contribution in [1.29, 1.82) is 5.26 Å². The van der Waals surface area contributed by atoms with Crippen LogP contribution < -0.4 is 5.63 Å². The third kappa shape index (κ3) is 1.39. The molecule has 0 aliphatic carbocycles. The topological polar surface area (TPSA) is 54.0 Å². The summed E-state index contributed by atoms with van der Waals surface area (Å²) in [6.45, 7) is 0. The Balaban J connectivity index is 2.67. The minimum atomic E-state index is -0.496. The highest BCUT2D eigenvalue weighted by molar-refractivity contribution is 6.07. The van der Waals surface area contributed by atoms with Gasteiger partial charge < -0.3 is 4.42 Å². The summed E-state index contributed by atoms with van der Waals surface area (Å²) in [5.74, 6) is 0. The van der Waals surface area contributed by atoms with Crippen LogP contribution in [-0.4, -0.2) is 0 Å². The average Bonchev–Trinajstić information content (AvgIpc) is 2.37. The second-order valence-corrected chi connectivity index (χ2v) is 3.75. The maximum Gasteiger partial charge on any atom is 0.337 e. The zero-order valence-electron chi connectivity index (χ0n) is 8.81. The van der Waals surface area contributed by atoms with Crippen LogP contribution in [0.25, 0.3) is 21.7 Å². The molecule has 0 bridgehead atoms. The lowest BCUT2D eigenvalue weighted by atomic mass is 10.0. The molecular weight excluding hydrogens is 214 g/mol. The van der Waals surface area contributed by atoms with Crippen molar-refractivity contribution in [2.45, 2.75) is 0 Å². The first-order valence-corrected chi connectivity index (χ1v) is 5.15. The number of fused-ring (bicyclic) bond motifs is 3. The second kappa shape index (κ2) is 3.46. The molecule has 0 atom stereocenters. The summed E-state index contributed by atoms with van der Waals surface area (Å²) in [4.78, 5) is 11.3. The van der Waals surface area contributed by atoms with E-state index in [2.05, 4.69) is 0 Å². The SMILES string of the molecule is N#Cc1cc(=O)oc2ccc3ccccc3c12. The van der Waals surface area contributed by atoms with Gasteiger partial charge >= 0.3 is 5.63 Å².